The van der Waals surface area contributed by atoms with Gasteiger partial charge in [0.2, 0.25) is 0 Å². The third-order valence-corrected chi connectivity index (χ3v) is 5.10. The van der Waals surface area contributed by atoms with Crippen LogP contribution in [0, 0.1) is 5.82 Å². The molecule has 1 aromatic rings. The largest absolute Gasteiger partial charge is 0.489 e. The minimum Gasteiger partial charge on any atom is -0.489 e. The van der Waals surface area contributed by atoms with Crippen molar-refractivity contribution in [1.29, 1.82) is 0 Å². The Morgan fingerprint density at radius 1 is 1.26 bits per heavy atom. The van der Waals surface area contributed by atoms with Gasteiger partial charge in [0, 0.05) is 25.7 Å². The third-order valence-electron chi connectivity index (χ3n) is 5.10. The fraction of sp³-hybridized carbons (Fsp3) is 0.650. The van der Waals surface area contributed by atoms with Crippen LogP contribution < -0.4 is 10.1 Å². The van der Waals surface area contributed by atoms with Crippen LogP contribution in [0.2, 0.25) is 0 Å². The highest BCUT2D eigenvalue weighted by Crippen LogP contribution is 2.20. The van der Waals surface area contributed by atoms with Crippen LogP contribution in [-0.2, 0) is 0 Å². The number of hydrogen-bond donors (Lipinski definition) is 1. The predicted molar refractivity (Wildman–Crippen MR) is 119 cm³/mol. The average Bonchev–Trinajstić information content (AvgIpc) is 3.32. The third kappa shape index (κ3) is 6.48. The second kappa shape index (κ2) is 11.0. The molecule has 3 rings (SSSR count). The van der Waals surface area contributed by atoms with Crippen molar-refractivity contribution in [2.45, 2.75) is 45.3 Å². The number of hydrogen-bond acceptors (Lipinski definition) is 3. The molecule has 0 aromatic heterocycles. The first-order chi connectivity index (χ1) is 12.7. The zero-order valence-corrected chi connectivity index (χ0v) is 18.7. The van der Waals surface area contributed by atoms with E-state index < -0.39 is 0 Å². The molecular formula is C20H32FIN4O. The molecule has 0 saturated carbocycles. The molecule has 0 amide bonds. The number of nitrogens with zero attached hydrogens (tertiary/aromatic N) is 3. The standard InChI is InChI=1S/C20H31FN4O.HI/c1-3-22-20(25-13-10-18(15-25)24-11-4-5-12-24)23-14-16(2)26-19-8-6-17(21)7-9-19;/h6-9,16,18H,3-5,10-15H2,1-2H3,(H,22,23);1H. The summed E-state index contributed by atoms with van der Waals surface area (Å²) in [6.45, 7) is 10.1. The van der Waals surface area contributed by atoms with E-state index in [4.69, 9.17) is 9.73 Å². The van der Waals surface area contributed by atoms with Gasteiger partial charge in [-0.1, -0.05) is 0 Å². The van der Waals surface area contributed by atoms with Crippen molar-refractivity contribution in [3.05, 3.63) is 30.1 Å². The molecule has 2 atom stereocenters. The second-order valence-electron chi connectivity index (χ2n) is 7.21. The van der Waals surface area contributed by atoms with E-state index in [9.17, 15) is 4.39 Å². The number of guanidine groups is 1. The van der Waals surface area contributed by atoms with Crippen molar-refractivity contribution in [1.82, 2.24) is 15.1 Å². The first kappa shape index (κ1) is 22.2. The Morgan fingerprint density at radius 3 is 2.63 bits per heavy atom. The lowest BCUT2D eigenvalue weighted by atomic mass is 10.2. The summed E-state index contributed by atoms with van der Waals surface area (Å²) >= 11 is 0. The molecule has 152 valence electrons. The molecule has 1 N–H and O–H groups in total. The maximum atomic E-state index is 13.0. The zero-order valence-electron chi connectivity index (χ0n) is 16.4. The second-order valence-corrected chi connectivity index (χ2v) is 7.21. The summed E-state index contributed by atoms with van der Waals surface area (Å²) in [6, 6.07) is 6.80. The molecule has 0 bridgehead atoms. The summed E-state index contributed by atoms with van der Waals surface area (Å²) in [5.41, 5.74) is 0. The van der Waals surface area contributed by atoms with Crippen molar-refractivity contribution < 1.29 is 9.13 Å². The molecule has 2 unspecified atom stereocenters. The number of ether oxygens (including phenoxy) is 1. The van der Waals surface area contributed by atoms with Gasteiger partial charge in [0.1, 0.15) is 17.7 Å². The Balaban J connectivity index is 0.00000261. The van der Waals surface area contributed by atoms with E-state index in [0.717, 1.165) is 25.6 Å². The van der Waals surface area contributed by atoms with Gasteiger partial charge in [0.25, 0.3) is 0 Å². The summed E-state index contributed by atoms with van der Waals surface area (Å²) in [6.07, 6.45) is 3.82. The molecule has 2 aliphatic heterocycles. The lowest BCUT2D eigenvalue weighted by molar-refractivity contribution is 0.229. The molecule has 27 heavy (non-hydrogen) atoms. The van der Waals surface area contributed by atoms with Crippen LogP contribution in [0.25, 0.3) is 0 Å². The van der Waals surface area contributed by atoms with Gasteiger partial charge in [0.05, 0.1) is 6.54 Å². The fourth-order valence-electron chi connectivity index (χ4n) is 3.76. The average molecular weight is 490 g/mol. The molecule has 2 aliphatic rings. The number of rotatable bonds is 6. The summed E-state index contributed by atoms with van der Waals surface area (Å²) in [4.78, 5) is 9.78. The Morgan fingerprint density at radius 2 is 1.96 bits per heavy atom. The van der Waals surface area contributed by atoms with Crippen molar-refractivity contribution in [3.63, 3.8) is 0 Å². The quantitative estimate of drug-likeness (QED) is 0.378. The summed E-state index contributed by atoms with van der Waals surface area (Å²) in [5.74, 6) is 1.40. The van der Waals surface area contributed by atoms with E-state index in [0.29, 0.717) is 18.3 Å². The monoisotopic (exact) mass is 490 g/mol. The van der Waals surface area contributed by atoms with Gasteiger partial charge in [0.15, 0.2) is 5.96 Å². The van der Waals surface area contributed by atoms with Crippen molar-refractivity contribution in [2.24, 2.45) is 4.99 Å². The normalized spacial score (nSPS) is 21.8. The minimum atomic E-state index is -0.251. The molecular weight excluding hydrogens is 458 g/mol. The number of nitrogens with one attached hydrogen (secondary N) is 1. The van der Waals surface area contributed by atoms with Crippen LogP contribution in [0.15, 0.2) is 29.3 Å². The van der Waals surface area contributed by atoms with Crippen LogP contribution in [0.4, 0.5) is 4.39 Å². The highest BCUT2D eigenvalue weighted by molar-refractivity contribution is 14.0. The number of likely N-dealkylation sites (tertiary alicyclic amines) is 2. The Bertz CT molecular complexity index is 592. The fourth-order valence-corrected chi connectivity index (χ4v) is 3.76. The van der Waals surface area contributed by atoms with Crippen molar-refractivity contribution >= 4 is 29.9 Å². The van der Waals surface area contributed by atoms with E-state index in [1.54, 1.807) is 12.1 Å². The lowest BCUT2D eigenvalue weighted by Crippen LogP contribution is -2.43. The predicted octanol–water partition coefficient (Wildman–Crippen LogP) is 3.35. The van der Waals surface area contributed by atoms with Gasteiger partial charge >= 0.3 is 0 Å². The molecule has 0 radical (unpaired) electrons. The topological polar surface area (TPSA) is 40.1 Å². The molecule has 0 spiro atoms. The highest BCUT2D eigenvalue weighted by Gasteiger charge is 2.30. The summed E-state index contributed by atoms with van der Waals surface area (Å²) < 4.78 is 18.8. The molecule has 7 heteroatoms. The van der Waals surface area contributed by atoms with Crippen LogP contribution in [-0.4, -0.2) is 67.2 Å². The SMILES string of the molecule is CCNC(=NCC(C)Oc1ccc(F)cc1)N1CCC(N2CCCC2)C1.I. The minimum absolute atomic E-state index is 0. The van der Waals surface area contributed by atoms with Crippen LogP contribution in [0.3, 0.4) is 0 Å². The Hall–Kier alpha value is -1.09. The molecule has 0 aliphatic carbocycles. The first-order valence-corrected chi connectivity index (χ1v) is 9.85. The van der Waals surface area contributed by atoms with Gasteiger partial charge in [-0.15, -0.1) is 24.0 Å². The smallest absolute Gasteiger partial charge is 0.194 e. The van der Waals surface area contributed by atoms with E-state index in [2.05, 4.69) is 22.0 Å². The van der Waals surface area contributed by atoms with Crippen LogP contribution >= 0.6 is 24.0 Å². The molecule has 2 fully saturated rings. The van der Waals surface area contributed by atoms with E-state index >= 15 is 0 Å². The maximum absolute atomic E-state index is 13.0. The van der Waals surface area contributed by atoms with E-state index in [1.165, 1.54) is 44.5 Å². The van der Waals surface area contributed by atoms with Gasteiger partial charge in [-0.25, -0.2) is 9.38 Å². The van der Waals surface area contributed by atoms with Crippen LogP contribution in [0.5, 0.6) is 5.75 Å². The summed E-state index contributed by atoms with van der Waals surface area (Å²) in [5, 5.41) is 3.41. The number of benzene rings is 1. The van der Waals surface area contributed by atoms with Crippen molar-refractivity contribution in [2.75, 3.05) is 39.3 Å². The molecule has 2 heterocycles. The van der Waals surface area contributed by atoms with Gasteiger partial charge in [-0.05, 0) is 70.5 Å². The first-order valence-electron chi connectivity index (χ1n) is 9.85. The Kier molecular flexibility index (Phi) is 9.08. The number of aliphatic imine (C=N–C) groups is 1. The highest BCUT2D eigenvalue weighted by atomic mass is 127. The molecule has 2 saturated heterocycles. The molecule has 5 nitrogen and oxygen atoms in total. The lowest BCUT2D eigenvalue weighted by Gasteiger charge is -2.25. The maximum Gasteiger partial charge on any atom is 0.194 e. The number of halogens is 2. The summed E-state index contributed by atoms with van der Waals surface area (Å²) in [7, 11) is 0. The molecule has 1 aromatic carbocycles. The van der Waals surface area contributed by atoms with E-state index in [-0.39, 0.29) is 35.9 Å². The Labute approximate surface area is 179 Å². The van der Waals surface area contributed by atoms with Gasteiger partial charge < -0.3 is 15.0 Å². The van der Waals surface area contributed by atoms with Gasteiger partial charge in [-0.3, -0.25) is 4.90 Å². The van der Waals surface area contributed by atoms with Crippen LogP contribution in [0.1, 0.15) is 33.1 Å². The van der Waals surface area contributed by atoms with E-state index in [1.807, 2.05) is 6.92 Å². The van der Waals surface area contributed by atoms with Crippen molar-refractivity contribution in [3.8, 4) is 5.75 Å². The zero-order chi connectivity index (χ0) is 18.4. The van der Waals surface area contributed by atoms with Gasteiger partial charge in [-0.2, -0.15) is 0 Å².